The van der Waals surface area contributed by atoms with Crippen molar-refractivity contribution in [3.63, 3.8) is 0 Å². The van der Waals surface area contributed by atoms with Gasteiger partial charge in [-0.2, -0.15) is 0 Å². The van der Waals surface area contributed by atoms with Crippen LogP contribution in [-0.4, -0.2) is 84.4 Å². The van der Waals surface area contributed by atoms with Crippen LogP contribution in [0.5, 0.6) is 0 Å². The van der Waals surface area contributed by atoms with Crippen molar-refractivity contribution < 1.29 is 29.1 Å². The van der Waals surface area contributed by atoms with Gasteiger partial charge in [-0.1, -0.05) is 44.2 Å². The Morgan fingerprint density at radius 2 is 1.37 bits per heavy atom. The molecule has 0 heterocycles. The van der Waals surface area contributed by atoms with E-state index in [0.717, 1.165) is 0 Å². The predicted molar refractivity (Wildman–Crippen MR) is 162 cm³/mol. The van der Waals surface area contributed by atoms with Gasteiger partial charge < -0.3 is 54.1 Å². The van der Waals surface area contributed by atoms with E-state index in [1.165, 1.54) is 0 Å². The molecule has 0 radical (unpaired) electrons. The zero-order chi connectivity index (χ0) is 32.4. The fourth-order valence-corrected chi connectivity index (χ4v) is 3.94. The molecule has 0 saturated carbocycles. The summed E-state index contributed by atoms with van der Waals surface area (Å²) < 4.78 is 0. The fourth-order valence-electron chi connectivity index (χ4n) is 3.94. The van der Waals surface area contributed by atoms with Gasteiger partial charge in [-0.15, -0.1) is 0 Å². The number of carbonyl (C=O) groups excluding carboxylic acids is 4. The van der Waals surface area contributed by atoms with Crippen LogP contribution in [-0.2, 0) is 25.6 Å². The zero-order valence-corrected chi connectivity index (χ0v) is 24.5. The molecule has 16 nitrogen and oxygen atoms in total. The number of aliphatic imine (C=N–C) groups is 2. The number of rotatable bonds is 19. The Hall–Kier alpha value is -4.89. The van der Waals surface area contributed by atoms with E-state index in [-0.39, 0.29) is 50.7 Å². The number of benzene rings is 1. The van der Waals surface area contributed by atoms with Gasteiger partial charge in [-0.3, -0.25) is 19.6 Å². The first kappa shape index (κ1) is 36.1. The molecule has 1 aromatic carbocycles. The molecule has 0 fully saturated rings. The molecule has 1 aromatic rings. The van der Waals surface area contributed by atoms with Crippen LogP contribution in [0, 0.1) is 5.92 Å². The second kappa shape index (κ2) is 19.3. The maximum Gasteiger partial charge on any atom is 0.326 e. The number of hydrogen-bond acceptors (Lipinski definition) is 7. The van der Waals surface area contributed by atoms with Gasteiger partial charge in [0.05, 0.1) is 6.04 Å². The standard InChI is InChI=1S/C27H44N10O6/c1-16(2)21(23(40)34-18(15-38)10-6-12-32-25(28)29)37-22(39)19(11-7-13-33-26(30)31)35-27(43)36-20(24(41)42)14-17-8-4-3-5-9-17/h3-5,8-9,15-16,18-21H,6-7,10-14H2,1-2H3,(H,34,40)(H,37,39)(H,41,42)(H4,28,29,32)(H4,30,31,33)(H2,35,36,43)/t18-,19-,20?,21?/m0/s1. The number of nitrogens with two attached hydrogens (primary N) is 4. The summed E-state index contributed by atoms with van der Waals surface area (Å²) in [6.07, 6.45) is 1.65. The third kappa shape index (κ3) is 15.1. The van der Waals surface area contributed by atoms with E-state index in [0.29, 0.717) is 18.3 Å². The predicted octanol–water partition coefficient (Wildman–Crippen LogP) is -1.72. The molecular formula is C27H44N10O6. The SMILES string of the molecule is CC(C)C(NC(=O)[C@H](CCCN=C(N)N)NC(=O)NC(Cc1ccccc1)C(=O)O)C(=O)N[C@H](C=O)CCCN=C(N)N. The topological polar surface area (TPSA) is 282 Å². The molecule has 43 heavy (non-hydrogen) atoms. The normalized spacial score (nSPS) is 13.4. The van der Waals surface area contributed by atoms with Crippen molar-refractivity contribution in [2.75, 3.05) is 13.1 Å². The first-order valence-electron chi connectivity index (χ1n) is 13.8. The van der Waals surface area contributed by atoms with Crippen LogP contribution < -0.4 is 44.2 Å². The third-order valence-electron chi connectivity index (χ3n) is 6.16. The van der Waals surface area contributed by atoms with Gasteiger partial charge in [0.25, 0.3) is 0 Å². The molecule has 13 N–H and O–H groups in total. The maximum atomic E-state index is 13.3. The molecule has 16 heteroatoms. The lowest BCUT2D eigenvalue weighted by Crippen LogP contribution is -2.58. The smallest absolute Gasteiger partial charge is 0.326 e. The number of aldehydes is 1. The highest BCUT2D eigenvalue weighted by atomic mass is 16.4. The second-order valence-electron chi connectivity index (χ2n) is 10.1. The van der Waals surface area contributed by atoms with Gasteiger partial charge >= 0.3 is 12.0 Å². The molecule has 0 saturated heterocycles. The number of carboxylic acid groups (broad SMARTS) is 1. The summed E-state index contributed by atoms with van der Waals surface area (Å²) in [5.41, 5.74) is 22.0. The van der Waals surface area contributed by atoms with Gasteiger partial charge in [0.1, 0.15) is 24.4 Å². The van der Waals surface area contributed by atoms with E-state index in [1.54, 1.807) is 44.2 Å². The first-order valence-corrected chi connectivity index (χ1v) is 13.8. The van der Waals surface area contributed by atoms with Gasteiger partial charge in [0, 0.05) is 19.5 Å². The van der Waals surface area contributed by atoms with Crippen molar-refractivity contribution in [3.8, 4) is 0 Å². The first-order chi connectivity index (χ1) is 20.3. The lowest BCUT2D eigenvalue weighted by Gasteiger charge is -2.27. The summed E-state index contributed by atoms with van der Waals surface area (Å²) in [5, 5.41) is 19.7. The van der Waals surface area contributed by atoms with Crippen LogP contribution in [0.15, 0.2) is 40.3 Å². The molecule has 0 aliphatic rings. The van der Waals surface area contributed by atoms with Crippen molar-refractivity contribution in [1.82, 2.24) is 21.3 Å². The Morgan fingerprint density at radius 1 is 0.814 bits per heavy atom. The van der Waals surface area contributed by atoms with Crippen LogP contribution in [0.4, 0.5) is 4.79 Å². The number of hydrogen-bond donors (Lipinski definition) is 9. The van der Waals surface area contributed by atoms with E-state index >= 15 is 0 Å². The summed E-state index contributed by atoms with van der Waals surface area (Å²) in [6.45, 7) is 3.84. The van der Waals surface area contributed by atoms with E-state index in [9.17, 15) is 29.1 Å². The molecule has 238 valence electrons. The molecule has 4 amide bonds. The quantitative estimate of drug-likeness (QED) is 0.0372. The van der Waals surface area contributed by atoms with Gasteiger partial charge in [-0.05, 0) is 37.2 Å². The summed E-state index contributed by atoms with van der Waals surface area (Å²) in [5.74, 6) is -3.17. The van der Waals surface area contributed by atoms with Crippen molar-refractivity contribution in [1.29, 1.82) is 0 Å². The number of urea groups is 1. The largest absolute Gasteiger partial charge is 0.480 e. The summed E-state index contributed by atoms with van der Waals surface area (Å²) in [7, 11) is 0. The van der Waals surface area contributed by atoms with Crippen molar-refractivity contribution in [3.05, 3.63) is 35.9 Å². The number of nitrogens with zero attached hydrogens (tertiary/aromatic N) is 2. The number of amides is 4. The van der Waals surface area contributed by atoms with Crippen LogP contribution in [0.2, 0.25) is 0 Å². The average Bonchev–Trinajstić information content (AvgIpc) is 2.94. The number of carbonyl (C=O) groups is 5. The van der Waals surface area contributed by atoms with Crippen molar-refractivity contribution in [2.24, 2.45) is 38.8 Å². The third-order valence-corrected chi connectivity index (χ3v) is 6.16. The molecule has 4 atom stereocenters. The Balaban J connectivity index is 2.97. The minimum atomic E-state index is -1.27. The van der Waals surface area contributed by atoms with Gasteiger partial charge in [0.2, 0.25) is 11.8 Å². The number of carboxylic acids is 1. The Kier molecular flexibility index (Phi) is 16.2. The molecule has 0 aliphatic heterocycles. The minimum Gasteiger partial charge on any atom is -0.480 e. The fraction of sp³-hybridized carbons (Fsp3) is 0.519. The monoisotopic (exact) mass is 604 g/mol. The van der Waals surface area contributed by atoms with Crippen LogP contribution in [0.3, 0.4) is 0 Å². The summed E-state index contributed by atoms with van der Waals surface area (Å²) >= 11 is 0. The highest BCUT2D eigenvalue weighted by Gasteiger charge is 2.30. The van der Waals surface area contributed by atoms with Gasteiger partial charge in [0.15, 0.2) is 11.9 Å². The number of aliphatic carboxylic acids is 1. The minimum absolute atomic E-state index is 0.0183. The zero-order valence-electron chi connectivity index (χ0n) is 24.5. The summed E-state index contributed by atoms with van der Waals surface area (Å²) in [6, 6.07) is 3.51. The molecule has 2 unspecified atom stereocenters. The summed E-state index contributed by atoms with van der Waals surface area (Å²) in [4.78, 5) is 70.3. The Bertz CT molecular complexity index is 1120. The molecule has 0 aromatic heterocycles. The lowest BCUT2D eigenvalue weighted by atomic mass is 10.0. The average molecular weight is 605 g/mol. The number of guanidine groups is 2. The lowest BCUT2D eigenvalue weighted by molar-refractivity contribution is -0.139. The molecule has 1 rings (SSSR count). The van der Waals surface area contributed by atoms with E-state index < -0.39 is 53.9 Å². The second-order valence-corrected chi connectivity index (χ2v) is 10.1. The molecular weight excluding hydrogens is 560 g/mol. The van der Waals surface area contributed by atoms with Crippen LogP contribution in [0.1, 0.15) is 45.1 Å². The van der Waals surface area contributed by atoms with Crippen LogP contribution in [0.25, 0.3) is 0 Å². The van der Waals surface area contributed by atoms with E-state index in [4.69, 9.17) is 22.9 Å². The van der Waals surface area contributed by atoms with Crippen LogP contribution >= 0.6 is 0 Å². The number of nitrogens with one attached hydrogen (secondary N) is 4. The molecule has 0 bridgehead atoms. The Labute approximate surface area is 250 Å². The molecule has 0 aliphatic carbocycles. The van der Waals surface area contributed by atoms with Crippen molar-refractivity contribution >= 4 is 42.0 Å². The van der Waals surface area contributed by atoms with Crippen molar-refractivity contribution in [2.45, 2.75) is 70.1 Å². The highest BCUT2D eigenvalue weighted by molar-refractivity contribution is 5.93. The molecule has 0 spiro atoms. The van der Waals surface area contributed by atoms with E-state index in [1.807, 2.05) is 0 Å². The maximum absolute atomic E-state index is 13.3. The highest BCUT2D eigenvalue weighted by Crippen LogP contribution is 2.08. The van der Waals surface area contributed by atoms with Gasteiger partial charge in [-0.25, -0.2) is 9.59 Å². The Morgan fingerprint density at radius 3 is 1.88 bits per heavy atom. The van der Waals surface area contributed by atoms with E-state index in [2.05, 4.69) is 31.3 Å².